The lowest BCUT2D eigenvalue weighted by Gasteiger charge is -2.01. The third kappa shape index (κ3) is 3.38. The molecule has 98 valence electrons. The Morgan fingerprint density at radius 3 is 2.95 bits per heavy atom. The van der Waals surface area contributed by atoms with Crippen LogP contribution < -0.4 is 5.43 Å². The van der Waals surface area contributed by atoms with Gasteiger partial charge in [-0.05, 0) is 18.2 Å². The van der Waals surface area contributed by atoms with Crippen LogP contribution in [0.5, 0.6) is 0 Å². The second kappa shape index (κ2) is 5.61. The van der Waals surface area contributed by atoms with Crippen LogP contribution in [0.1, 0.15) is 16.8 Å². The van der Waals surface area contributed by atoms with Crippen LogP contribution in [0, 0.1) is 10.1 Å². The number of amides is 1. The lowest BCUT2D eigenvalue weighted by Crippen LogP contribution is -2.19. The molecule has 1 N–H and O–H groups in total. The number of carbonyl (C=O) groups is 1. The van der Waals surface area contributed by atoms with Crippen molar-refractivity contribution in [1.82, 2.24) is 5.43 Å². The molecule has 0 fully saturated rings. The Morgan fingerprint density at radius 1 is 1.53 bits per heavy atom. The van der Waals surface area contributed by atoms with Gasteiger partial charge >= 0.3 is 5.88 Å². The molecular formula is C11H8BrN3O4. The van der Waals surface area contributed by atoms with Crippen molar-refractivity contribution in [1.29, 1.82) is 0 Å². The number of rotatable bonds is 3. The number of nitro groups is 1. The van der Waals surface area contributed by atoms with Crippen molar-refractivity contribution in [2.24, 2.45) is 5.10 Å². The quantitative estimate of drug-likeness (QED) is 0.679. The lowest BCUT2D eigenvalue weighted by atomic mass is 10.2. The Bertz CT molecular complexity index is 597. The van der Waals surface area contributed by atoms with Gasteiger partial charge in [-0.1, -0.05) is 22.0 Å². The average molecular weight is 326 g/mol. The van der Waals surface area contributed by atoms with Crippen molar-refractivity contribution < 1.29 is 14.5 Å². The van der Waals surface area contributed by atoms with Gasteiger partial charge in [-0.2, -0.15) is 0 Å². The summed E-state index contributed by atoms with van der Waals surface area (Å²) in [6.07, 6.45) is 1.46. The molecule has 0 atom stereocenters. The first-order chi connectivity index (χ1) is 9.06. The van der Waals surface area contributed by atoms with E-state index in [1.807, 2.05) is 0 Å². The van der Waals surface area contributed by atoms with Gasteiger partial charge in [0.2, 0.25) is 5.90 Å². The van der Waals surface area contributed by atoms with Crippen molar-refractivity contribution in [2.45, 2.75) is 6.42 Å². The van der Waals surface area contributed by atoms with Gasteiger partial charge in [0.1, 0.15) is 4.92 Å². The van der Waals surface area contributed by atoms with Crippen molar-refractivity contribution in [3.63, 3.8) is 0 Å². The van der Waals surface area contributed by atoms with Crippen LogP contribution >= 0.6 is 15.9 Å². The van der Waals surface area contributed by atoms with E-state index in [9.17, 15) is 14.9 Å². The molecule has 0 unspecified atom stereocenters. The van der Waals surface area contributed by atoms with E-state index in [4.69, 9.17) is 4.74 Å². The van der Waals surface area contributed by atoms with E-state index >= 15 is 0 Å². The molecule has 0 aromatic heterocycles. The van der Waals surface area contributed by atoms with Crippen LogP contribution in [0.4, 0.5) is 0 Å². The summed E-state index contributed by atoms with van der Waals surface area (Å²) in [6.45, 7) is 0. The number of ether oxygens (including phenoxy) is 1. The van der Waals surface area contributed by atoms with Gasteiger partial charge < -0.3 is 4.74 Å². The molecule has 0 aliphatic carbocycles. The summed E-state index contributed by atoms with van der Waals surface area (Å²) in [7, 11) is 0. The fourth-order valence-electron chi connectivity index (χ4n) is 1.37. The van der Waals surface area contributed by atoms with Gasteiger partial charge in [-0.15, -0.1) is 5.10 Å². The Hall–Kier alpha value is -2.22. The maximum absolute atomic E-state index is 11.7. The number of halogens is 1. The van der Waals surface area contributed by atoms with E-state index in [-0.39, 0.29) is 18.2 Å². The molecule has 1 heterocycles. The monoisotopic (exact) mass is 325 g/mol. The predicted octanol–water partition coefficient (Wildman–Crippen LogP) is 2.03. The number of hydrogen-bond donors (Lipinski definition) is 1. The topological polar surface area (TPSA) is 93.8 Å². The first-order valence-electron chi connectivity index (χ1n) is 5.21. The smallest absolute Gasteiger partial charge is 0.385 e. The van der Waals surface area contributed by atoms with Crippen molar-refractivity contribution in [2.75, 3.05) is 0 Å². The predicted molar refractivity (Wildman–Crippen MR) is 69.8 cm³/mol. The zero-order chi connectivity index (χ0) is 13.8. The van der Waals surface area contributed by atoms with E-state index in [1.165, 1.54) is 6.08 Å². The van der Waals surface area contributed by atoms with Crippen LogP contribution in [0.3, 0.4) is 0 Å². The van der Waals surface area contributed by atoms with E-state index in [2.05, 4.69) is 26.5 Å². The average Bonchev–Trinajstić information content (AvgIpc) is 2.85. The number of benzene rings is 1. The summed E-state index contributed by atoms with van der Waals surface area (Å²) in [5.41, 5.74) is 2.69. The van der Waals surface area contributed by atoms with Crippen LogP contribution in [0.2, 0.25) is 0 Å². The minimum absolute atomic E-state index is 0.0787. The maximum Gasteiger partial charge on any atom is 0.430 e. The highest BCUT2D eigenvalue weighted by molar-refractivity contribution is 9.10. The van der Waals surface area contributed by atoms with E-state index in [0.717, 1.165) is 4.47 Å². The second-order valence-corrected chi connectivity index (χ2v) is 4.48. The Labute approximate surface area is 116 Å². The SMILES string of the molecule is O=C(NN=C1CC=C([N+](=O)[O-])O1)c1cccc(Br)c1. The molecule has 7 nitrogen and oxygen atoms in total. The standard InChI is InChI=1S/C11H8BrN3O4/c12-8-3-1-2-7(6-8)11(16)14-13-9-4-5-10(19-9)15(17)18/h1-3,5-6H,4H2,(H,14,16). The number of hydrazone groups is 1. The zero-order valence-corrected chi connectivity index (χ0v) is 11.1. The molecule has 0 bridgehead atoms. The van der Waals surface area contributed by atoms with Crippen LogP contribution in [-0.2, 0) is 4.74 Å². The number of nitrogens with zero attached hydrogens (tertiary/aromatic N) is 2. The summed E-state index contributed by atoms with van der Waals surface area (Å²) in [4.78, 5) is 21.5. The summed E-state index contributed by atoms with van der Waals surface area (Å²) in [5, 5.41) is 14.1. The maximum atomic E-state index is 11.7. The Balaban J connectivity index is 1.97. The fraction of sp³-hybridized carbons (Fsp3) is 0.0909. The Morgan fingerprint density at radius 2 is 2.32 bits per heavy atom. The van der Waals surface area contributed by atoms with E-state index < -0.39 is 10.8 Å². The highest BCUT2D eigenvalue weighted by Crippen LogP contribution is 2.13. The molecular weight excluding hydrogens is 318 g/mol. The van der Waals surface area contributed by atoms with Gasteiger partial charge in [0.05, 0.1) is 6.42 Å². The minimum Gasteiger partial charge on any atom is -0.385 e. The molecule has 1 aromatic rings. The number of nitrogens with one attached hydrogen (secondary N) is 1. The Kier molecular flexibility index (Phi) is 3.91. The van der Waals surface area contributed by atoms with Crippen LogP contribution in [0.25, 0.3) is 0 Å². The fourth-order valence-corrected chi connectivity index (χ4v) is 1.77. The highest BCUT2D eigenvalue weighted by atomic mass is 79.9. The third-order valence-electron chi connectivity index (χ3n) is 2.22. The molecule has 19 heavy (non-hydrogen) atoms. The zero-order valence-electron chi connectivity index (χ0n) is 9.50. The van der Waals surface area contributed by atoms with Gasteiger partial charge in [0.25, 0.3) is 5.91 Å². The molecule has 0 spiro atoms. The van der Waals surface area contributed by atoms with Gasteiger partial charge in [0, 0.05) is 16.1 Å². The van der Waals surface area contributed by atoms with Gasteiger partial charge in [0.15, 0.2) is 0 Å². The third-order valence-corrected chi connectivity index (χ3v) is 2.72. The van der Waals surface area contributed by atoms with Crippen molar-refractivity contribution >= 4 is 27.7 Å². The summed E-state index contributed by atoms with van der Waals surface area (Å²) >= 11 is 3.25. The molecule has 1 aromatic carbocycles. The van der Waals surface area contributed by atoms with Gasteiger partial charge in [-0.3, -0.25) is 14.9 Å². The summed E-state index contributed by atoms with van der Waals surface area (Å²) < 4.78 is 5.59. The first-order valence-corrected chi connectivity index (χ1v) is 6.00. The summed E-state index contributed by atoms with van der Waals surface area (Å²) in [6, 6.07) is 6.75. The first kappa shape index (κ1) is 13.2. The molecule has 2 rings (SSSR count). The second-order valence-electron chi connectivity index (χ2n) is 3.56. The van der Waals surface area contributed by atoms with Gasteiger partial charge in [-0.25, -0.2) is 5.43 Å². The van der Waals surface area contributed by atoms with E-state index in [1.54, 1.807) is 24.3 Å². The molecule has 1 amide bonds. The summed E-state index contributed by atoms with van der Waals surface area (Å²) in [5.74, 6) is -0.725. The van der Waals surface area contributed by atoms with Crippen LogP contribution in [-0.4, -0.2) is 16.7 Å². The molecule has 1 aliphatic rings. The molecule has 0 saturated carbocycles. The van der Waals surface area contributed by atoms with E-state index in [0.29, 0.717) is 5.56 Å². The van der Waals surface area contributed by atoms with Crippen LogP contribution in [0.15, 0.2) is 45.8 Å². The molecule has 1 aliphatic heterocycles. The van der Waals surface area contributed by atoms with Crippen molar-refractivity contribution in [3.8, 4) is 0 Å². The number of hydrogen-bond acceptors (Lipinski definition) is 5. The minimum atomic E-state index is -0.654. The molecule has 0 radical (unpaired) electrons. The van der Waals surface area contributed by atoms with Crippen molar-refractivity contribution in [3.05, 3.63) is 56.4 Å². The molecule has 0 saturated heterocycles. The lowest BCUT2D eigenvalue weighted by molar-refractivity contribution is -0.454. The normalized spacial score (nSPS) is 15.8. The largest absolute Gasteiger partial charge is 0.430 e. The molecule has 8 heteroatoms. The number of carbonyl (C=O) groups excluding carboxylic acids is 1. The highest BCUT2D eigenvalue weighted by Gasteiger charge is 2.23.